The van der Waals surface area contributed by atoms with Crippen LogP contribution in [-0.4, -0.2) is 24.9 Å². The van der Waals surface area contributed by atoms with Gasteiger partial charge in [0, 0.05) is 10.6 Å². The van der Waals surface area contributed by atoms with Crippen LogP contribution in [0.5, 0.6) is 0 Å². The van der Waals surface area contributed by atoms with Crippen molar-refractivity contribution in [3.63, 3.8) is 0 Å². The fourth-order valence-corrected chi connectivity index (χ4v) is 4.45. The van der Waals surface area contributed by atoms with Crippen molar-refractivity contribution in [2.45, 2.75) is 10.1 Å². The zero-order valence-corrected chi connectivity index (χ0v) is 19.6. The Morgan fingerprint density at radius 3 is 2.37 bits per heavy atom. The van der Waals surface area contributed by atoms with E-state index in [0.717, 1.165) is 10.5 Å². The predicted octanol–water partition coefficient (Wildman–Crippen LogP) is 5.79. The van der Waals surface area contributed by atoms with E-state index >= 15 is 0 Å². The van der Waals surface area contributed by atoms with Crippen molar-refractivity contribution in [2.75, 3.05) is 17.7 Å². The quantitative estimate of drug-likeness (QED) is 0.242. The molecular weight excluding hydrogens is 464 g/mol. The van der Waals surface area contributed by atoms with E-state index in [1.165, 1.54) is 25.1 Å². The van der Waals surface area contributed by atoms with Crippen LogP contribution in [0, 0.1) is 0 Å². The molecule has 1 unspecified atom stereocenters. The Bertz CT molecular complexity index is 1320. The molecule has 1 heterocycles. The van der Waals surface area contributed by atoms with E-state index in [1.807, 2.05) is 36.4 Å². The first-order valence-electron chi connectivity index (χ1n) is 10.7. The smallest absolute Gasteiger partial charge is 0.339 e. The molecule has 3 aromatic carbocycles. The highest BCUT2D eigenvalue weighted by Gasteiger charge is 2.24. The van der Waals surface area contributed by atoms with Crippen molar-refractivity contribution < 1.29 is 23.5 Å². The van der Waals surface area contributed by atoms with Gasteiger partial charge in [-0.2, -0.15) is 0 Å². The van der Waals surface area contributed by atoms with Crippen LogP contribution in [0.25, 0.3) is 0 Å². The Balaban J connectivity index is 1.57. The van der Waals surface area contributed by atoms with Gasteiger partial charge in [0.25, 0.3) is 5.91 Å². The van der Waals surface area contributed by atoms with Crippen molar-refractivity contribution in [1.82, 2.24) is 0 Å². The molecular formula is C27H22N2O5S. The first-order valence-corrected chi connectivity index (χ1v) is 11.6. The van der Waals surface area contributed by atoms with Crippen LogP contribution in [-0.2, 0) is 9.53 Å². The number of carbonyl (C=O) groups is 3. The summed E-state index contributed by atoms with van der Waals surface area (Å²) in [5, 5.41) is 5.04. The first kappa shape index (κ1) is 23.8. The van der Waals surface area contributed by atoms with E-state index in [9.17, 15) is 14.4 Å². The number of carbonyl (C=O) groups excluding carboxylic acids is 3. The molecule has 0 bridgehead atoms. The maximum atomic E-state index is 13.4. The molecule has 1 atom stereocenters. The summed E-state index contributed by atoms with van der Waals surface area (Å²) in [4.78, 5) is 38.7. The molecule has 0 aliphatic heterocycles. The van der Waals surface area contributed by atoms with Crippen LogP contribution in [0.2, 0.25) is 0 Å². The normalized spacial score (nSPS) is 11.3. The molecule has 7 nitrogen and oxygen atoms in total. The molecule has 4 rings (SSSR count). The molecule has 0 fully saturated rings. The Hall–Kier alpha value is -4.30. The maximum absolute atomic E-state index is 13.4. The van der Waals surface area contributed by atoms with E-state index in [0.29, 0.717) is 11.4 Å². The Kier molecular flexibility index (Phi) is 7.64. The number of hydrogen-bond donors (Lipinski definition) is 2. The lowest BCUT2D eigenvalue weighted by Gasteiger charge is -2.18. The van der Waals surface area contributed by atoms with Gasteiger partial charge in [-0.25, -0.2) is 4.79 Å². The molecule has 0 saturated carbocycles. The van der Waals surface area contributed by atoms with Gasteiger partial charge in [0.15, 0.2) is 5.76 Å². The minimum atomic E-state index is -0.627. The van der Waals surface area contributed by atoms with E-state index in [4.69, 9.17) is 9.15 Å². The van der Waals surface area contributed by atoms with Crippen LogP contribution in [0.15, 0.2) is 107 Å². The topological polar surface area (TPSA) is 97.6 Å². The van der Waals surface area contributed by atoms with Gasteiger partial charge in [0.1, 0.15) is 5.25 Å². The number of amides is 2. The summed E-state index contributed by atoms with van der Waals surface area (Å²) in [5.74, 6) is -1.00. The van der Waals surface area contributed by atoms with Gasteiger partial charge < -0.3 is 19.8 Å². The number of methoxy groups -OCH3 is 1. The van der Waals surface area contributed by atoms with E-state index in [1.54, 1.807) is 54.6 Å². The van der Waals surface area contributed by atoms with Crippen molar-refractivity contribution in [1.29, 1.82) is 0 Å². The Morgan fingerprint density at radius 2 is 1.63 bits per heavy atom. The highest BCUT2D eigenvalue weighted by molar-refractivity contribution is 8.00. The largest absolute Gasteiger partial charge is 0.465 e. The second-order valence-electron chi connectivity index (χ2n) is 7.39. The SMILES string of the molecule is COC(=O)c1ccccc1NC(=O)C(Sc1cccc(NC(=O)c2ccco2)c1)c1ccccc1. The summed E-state index contributed by atoms with van der Waals surface area (Å²) in [5.41, 5.74) is 1.99. The highest BCUT2D eigenvalue weighted by Crippen LogP contribution is 2.37. The molecule has 0 radical (unpaired) electrons. The van der Waals surface area contributed by atoms with Gasteiger partial charge in [-0.3, -0.25) is 9.59 Å². The Labute approximate surface area is 206 Å². The minimum Gasteiger partial charge on any atom is -0.465 e. The van der Waals surface area contributed by atoms with Crippen molar-refractivity contribution in [3.05, 3.63) is 114 Å². The minimum absolute atomic E-state index is 0.203. The fourth-order valence-electron chi connectivity index (χ4n) is 3.36. The number of hydrogen-bond acceptors (Lipinski definition) is 6. The number of ether oxygens (including phenoxy) is 1. The third-order valence-electron chi connectivity index (χ3n) is 5.02. The predicted molar refractivity (Wildman–Crippen MR) is 135 cm³/mol. The van der Waals surface area contributed by atoms with Gasteiger partial charge in [-0.15, -0.1) is 11.8 Å². The summed E-state index contributed by atoms with van der Waals surface area (Å²) >= 11 is 1.32. The number of nitrogens with one attached hydrogen (secondary N) is 2. The second-order valence-corrected chi connectivity index (χ2v) is 8.57. The van der Waals surface area contributed by atoms with Crippen LogP contribution < -0.4 is 10.6 Å². The molecule has 35 heavy (non-hydrogen) atoms. The highest BCUT2D eigenvalue weighted by atomic mass is 32.2. The molecule has 0 saturated heterocycles. The van der Waals surface area contributed by atoms with E-state index < -0.39 is 11.2 Å². The van der Waals surface area contributed by atoms with Crippen molar-refractivity contribution in [2.24, 2.45) is 0 Å². The molecule has 176 valence electrons. The lowest BCUT2D eigenvalue weighted by atomic mass is 10.1. The summed E-state index contributed by atoms with van der Waals surface area (Å²) in [6.07, 6.45) is 1.43. The number of furan rings is 1. The Morgan fingerprint density at radius 1 is 0.857 bits per heavy atom. The number of anilines is 2. The summed E-state index contributed by atoms with van der Waals surface area (Å²) in [6, 6.07) is 26.4. The molecule has 0 aliphatic carbocycles. The third-order valence-corrected chi connectivity index (χ3v) is 6.27. The zero-order valence-electron chi connectivity index (χ0n) is 18.8. The fraction of sp³-hybridized carbons (Fsp3) is 0.0741. The van der Waals surface area contributed by atoms with Gasteiger partial charge in [0.05, 0.1) is 24.6 Å². The molecule has 8 heteroatoms. The van der Waals surface area contributed by atoms with Gasteiger partial charge in [0.2, 0.25) is 5.91 Å². The number of rotatable bonds is 8. The monoisotopic (exact) mass is 486 g/mol. The van der Waals surface area contributed by atoms with Gasteiger partial charge in [-0.1, -0.05) is 48.5 Å². The summed E-state index contributed by atoms with van der Waals surface area (Å²) < 4.78 is 9.97. The van der Waals surface area contributed by atoms with Crippen LogP contribution in [0.4, 0.5) is 11.4 Å². The number of esters is 1. The molecule has 0 spiro atoms. The zero-order chi connectivity index (χ0) is 24.6. The van der Waals surface area contributed by atoms with E-state index in [-0.39, 0.29) is 23.1 Å². The average molecular weight is 487 g/mol. The standard InChI is InChI=1S/C27H22N2O5S/c1-33-27(32)21-13-5-6-14-22(21)29-26(31)24(18-9-3-2-4-10-18)35-20-12-7-11-19(17-20)28-25(30)23-15-8-16-34-23/h2-17,24H,1H3,(H,28,30)(H,29,31). The number of para-hydroxylation sites is 1. The molecule has 2 N–H and O–H groups in total. The summed E-state index contributed by atoms with van der Waals surface area (Å²) in [6.45, 7) is 0. The van der Waals surface area contributed by atoms with Crippen molar-refractivity contribution >= 4 is 40.9 Å². The van der Waals surface area contributed by atoms with Gasteiger partial charge in [-0.05, 0) is 48.0 Å². The van der Waals surface area contributed by atoms with Crippen molar-refractivity contribution in [3.8, 4) is 0 Å². The average Bonchev–Trinajstić information content (AvgIpc) is 3.43. The molecule has 4 aromatic rings. The third kappa shape index (κ3) is 5.99. The second kappa shape index (κ2) is 11.2. The number of thioether (sulfide) groups is 1. The van der Waals surface area contributed by atoms with Crippen LogP contribution >= 0.6 is 11.8 Å². The van der Waals surface area contributed by atoms with Gasteiger partial charge >= 0.3 is 5.97 Å². The molecule has 0 aliphatic rings. The van der Waals surface area contributed by atoms with E-state index in [2.05, 4.69) is 10.6 Å². The molecule has 1 aromatic heterocycles. The van der Waals surface area contributed by atoms with Crippen LogP contribution in [0.3, 0.4) is 0 Å². The van der Waals surface area contributed by atoms with Crippen LogP contribution in [0.1, 0.15) is 31.7 Å². The molecule has 2 amide bonds. The maximum Gasteiger partial charge on any atom is 0.339 e. The lowest BCUT2D eigenvalue weighted by Crippen LogP contribution is -2.21. The number of benzene rings is 3. The first-order chi connectivity index (χ1) is 17.0. The summed E-state index contributed by atoms with van der Waals surface area (Å²) in [7, 11) is 1.29. The lowest BCUT2D eigenvalue weighted by molar-refractivity contribution is -0.115.